The van der Waals surface area contributed by atoms with Crippen molar-refractivity contribution in [3.05, 3.63) is 48.5 Å². The molecule has 2 aromatic carbocycles. The second kappa shape index (κ2) is 8.09. The fourth-order valence-electron chi connectivity index (χ4n) is 2.98. The lowest BCUT2D eigenvalue weighted by molar-refractivity contribution is -0.121. The Kier molecular flexibility index (Phi) is 5.61. The van der Waals surface area contributed by atoms with Crippen molar-refractivity contribution in [2.45, 2.75) is 25.8 Å². The smallest absolute Gasteiger partial charge is 0.259 e. The zero-order valence-corrected chi connectivity index (χ0v) is 15.3. The summed E-state index contributed by atoms with van der Waals surface area (Å²) in [5.74, 6) is 0.224. The second-order valence-electron chi connectivity index (χ2n) is 6.15. The van der Waals surface area contributed by atoms with Gasteiger partial charge in [0.1, 0.15) is 23.2 Å². The predicted molar refractivity (Wildman–Crippen MR) is 100 cm³/mol. The van der Waals surface area contributed by atoms with Crippen molar-refractivity contribution in [1.29, 1.82) is 0 Å². The second-order valence-corrected chi connectivity index (χ2v) is 6.15. The lowest BCUT2D eigenvalue weighted by atomic mass is 10.2. The maximum absolute atomic E-state index is 12.8. The average molecular weight is 370 g/mol. The van der Waals surface area contributed by atoms with Crippen molar-refractivity contribution in [2.75, 3.05) is 23.7 Å². The summed E-state index contributed by atoms with van der Waals surface area (Å²) in [6.45, 7) is 2.61. The maximum atomic E-state index is 12.8. The topological polar surface area (TPSA) is 79.3 Å². The van der Waals surface area contributed by atoms with Gasteiger partial charge in [0.25, 0.3) is 5.91 Å². The first-order chi connectivity index (χ1) is 13.1. The van der Waals surface area contributed by atoms with Crippen LogP contribution in [0, 0.1) is 0 Å². The molecule has 1 atom stereocenters. The number of hydrogen-bond donors (Lipinski definition) is 1. The summed E-state index contributed by atoms with van der Waals surface area (Å²) in [5, 5.41) is 11.4. The van der Waals surface area contributed by atoms with Crippen LogP contribution in [0.25, 0.3) is 0 Å². The minimum absolute atomic E-state index is 0.124. The minimum atomic E-state index is -1.01. The molecular formula is C20H22N2O5. The molecule has 7 heteroatoms. The highest BCUT2D eigenvalue weighted by Gasteiger charge is 2.43. The lowest BCUT2D eigenvalue weighted by Gasteiger charge is -2.24. The Morgan fingerprint density at radius 2 is 1.85 bits per heavy atom. The van der Waals surface area contributed by atoms with Gasteiger partial charge in [-0.15, -0.1) is 0 Å². The minimum Gasteiger partial charge on any atom is -0.494 e. The fourth-order valence-corrected chi connectivity index (χ4v) is 2.98. The molecule has 1 aliphatic heterocycles. The summed E-state index contributed by atoms with van der Waals surface area (Å²) in [4.78, 5) is 26.4. The van der Waals surface area contributed by atoms with E-state index in [1.807, 2.05) is 6.92 Å². The van der Waals surface area contributed by atoms with Crippen molar-refractivity contribution in [3.8, 4) is 11.5 Å². The highest BCUT2D eigenvalue weighted by molar-refractivity contribution is 6.23. The number of rotatable bonds is 7. The van der Waals surface area contributed by atoms with E-state index in [0.29, 0.717) is 29.5 Å². The Bertz CT molecular complexity index is 821. The van der Waals surface area contributed by atoms with Crippen LogP contribution in [0.2, 0.25) is 0 Å². The average Bonchev–Trinajstić information content (AvgIpc) is 3.00. The van der Waals surface area contributed by atoms with Gasteiger partial charge in [0.05, 0.1) is 25.8 Å². The van der Waals surface area contributed by atoms with Crippen LogP contribution in [0.1, 0.15) is 19.8 Å². The molecule has 0 saturated carbocycles. The number of anilines is 2. The predicted octanol–water partition coefficient (Wildman–Crippen LogP) is 3.01. The van der Waals surface area contributed by atoms with Crippen LogP contribution in [-0.2, 0) is 9.59 Å². The quantitative estimate of drug-likeness (QED) is 0.596. The van der Waals surface area contributed by atoms with E-state index in [1.165, 1.54) is 7.11 Å². The highest BCUT2D eigenvalue weighted by Crippen LogP contribution is 2.33. The van der Waals surface area contributed by atoms with Gasteiger partial charge in [-0.2, -0.15) is 0 Å². The van der Waals surface area contributed by atoms with Crippen LogP contribution >= 0.6 is 0 Å². The fraction of sp³-hybridized carbons (Fsp3) is 0.300. The molecule has 0 aliphatic carbocycles. The zero-order chi connectivity index (χ0) is 19.4. The summed E-state index contributed by atoms with van der Waals surface area (Å²) < 4.78 is 10.7. The van der Waals surface area contributed by atoms with Crippen molar-refractivity contribution in [3.63, 3.8) is 0 Å². The molecule has 3 rings (SSSR count). The van der Waals surface area contributed by atoms with Gasteiger partial charge in [-0.05, 0) is 42.8 Å². The molecular weight excluding hydrogens is 348 g/mol. The number of benzene rings is 2. The molecule has 2 amide bonds. The van der Waals surface area contributed by atoms with Crippen LogP contribution in [-0.4, -0.2) is 36.8 Å². The van der Waals surface area contributed by atoms with Gasteiger partial charge in [-0.1, -0.05) is 19.1 Å². The molecule has 0 spiro atoms. The first kappa shape index (κ1) is 18.7. The Labute approximate surface area is 157 Å². The van der Waals surface area contributed by atoms with Crippen LogP contribution in [0.5, 0.6) is 11.5 Å². The SMILES string of the molecule is CCCOc1ccc(N2C(=O)C[C@H](N(O)c3ccccc3OC)C2=O)cc1. The molecule has 0 radical (unpaired) electrons. The molecule has 1 N–H and O–H groups in total. The summed E-state index contributed by atoms with van der Waals surface area (Å²) in [7, 11) is 1.47. The number of ether oxygens (including phenoxy) is 2. The summed E-state index contributed by atoms with van der Waals surface area (Å²) >= 11 is 0. The third kappa shape index (κ3) is 3.73. The van der Waals surface area contributed by atoms with E-state index >= 15 is 0 Å². The highest BCUT2D eigenvalue weighted by atomic mass is 16.5. The number of amides is 2. The van der Waals surface area contributed by atoms with Gasteiger partial charge >= 0.3 is 0 Å². The molecule has 2 aromatic rings. The molecule has 1 fully saturated rings. The zero-order valence-electron chi connectivity index (χ0n) is 15.3. The van der Waals surface area contributed by atoms with Crippen LogP contribution in [0.4, 0.5) is 11.4 Å². The molecule has 142 valence electrons. The van der Waals surface area contributed by atoms with E-state index in [4.69, 9.17) is 9.47 Å². The first-order valence-electron chi connectivity index (χ1n) is 8.77. The van der Waals surface area contributed by atoms with Crippen molar-refractivity contribution >= 4 is 23.2 Å². The van der Waals surface area contributed by atoms with E-state index in [1.54, 1.807) is 48.5 Å². The van der Waals surface area contributed by atoms with Gasteiger partial charge in [-0.3, -0.25) is 14.8 Å². The van der Waals surface area contributed by atoms with Crippen molar-refractivity contribution in [2.24, 2.45) is 0 Å². The number of imide groups is 1. The van der Waals surface area contributed by atoms with Crippen LogP contribution in [0.3, 0.4) is 0 Å². The van der Waals surface area contributed by atoms with Crippen LogP contribution < -0.4 is 19.4 Å². The largest absolute Gasteiger partial charge is 0.494 e. The molecule has 1 heterocycles. The van der Waals surface area contributed by atoms with E-state index in [9.17, 15) is 14.8 Å². The van der Waals surface area contributed by atoms with Gasteiger partial charge < -0.3 is 9.47 Å². The van der Waals surface area contributed by atoms with Gasteiger partial charge in [-0.25, -0.2) is 9.96 Å². The normalized spacial score (nSPS) is 16.6. The van der Waals surface area contributed by atoms with Gasteiger partial charge in [0.2, 0.25) is 5.91 Å². The Balaban J connectivity index is 1.80. The number of hydrogen-bond acceptors (Lipinski definition) is 6. The Hall–Kier alpha value is -3.06. The number of methoxy groups -OCH3 is 1. The van der Waals surface area contributed by atoms with Crippen molar-refractivity contribution in [1.82, 2.24) is 0 Å². The summed E-state index contributed by atoms with van der Waals surface area (Å²) in [5.41, 5.74) is 0.779. The van der Waals surface area contributed by atoms with Crippen LogP contribution in [0.15, 0.2) is 48.5 Å². The maximum Gasteiger partial charge on any atom is 0.259 e. The monoisotopic (exact) mass is 370 g/mol. The van der Waals surface area contributed by atoms with E-state index in [0.717, 1.165) is 16.4 Å². The number of para-hydroxylation sites is 2. The molecule has 0 aromatic heterocycles. The molecule has 0 bridgehead atoms. The van der Waals surface area contributed by atoms with Gasteiger partial charge in [0, 0.05) is 0 Å². The molecule has 27 heavy (non-hydrogen) atoms. The molecule has 1 aliphatic rings. The molecule has 1 saturated heterocycles. The van der Waals surface area contributed by atoms with E-state index in [-0.39, 0.29) is 12.3 Å². The standard InChI is InChI=1S/C20H22N2O5/c1-3-12-27-15-10-8-14(9-11-15)21-19(23)13-17(20(21)24)22(25)16-6-4-5-7-18(16)26-2/h4-11,17,25H,3,12-13H2,1-2H3/t17-/m0/s1. The summed E-state index contributed by atoms with van der Waals surface area (Å²) in [6.07, 6.45) is 0.767. The summed E-state index contributed by atoms with van der Waals surface area (Å²) in [6, 6.07) is 12.5. The van der Waals surface area contributed by atoms with Gasteiger partial charge in [0.15, 0.2) is 0 Å². The Morgan fingerprint density at radius 3 is 2.52 bits per heavy atom. The Morgan fingerprint density at radius 1 is 1.15 bits per heavy atom. The third-order valence-electron chi connectivity index (χ3n) is 4.32. The molecule has 0 unspecified atom stereocenters. The van der Waals surface area contributed by atoms with Crippen molar-refractivity contribution < 1.29 is 24.3 Å². The number of hydroxylamine groups is 1. The lowest BCUT2D eigenvalue weighted by Crippen LogP contribution is -2.40. The number of carbonyl (C=O) groups excluding carboxylic acids is 2. The molecule has 7 nitrogen and oxygen atoms in total. The number of nitrogens with zero attached hydrogens (tertiary/aromatic N) is 2. The third-order valence-corrected chi connectivity index (χ3v) is 4.32. The van der Waals surface area contributed by atoms with E-state index in [2.05, 4.69) is 0 Å². The first-order valence-corrected chi connectivity index (χ1v) is 8.77. The number of carbonyl (C=O) groups is 2. The van der Waals surface area contributed by atoms with E-state index < -0.39 is 11.9 Å².